The van der Waals surface area contributed by atoms with Crippen molar-refractivity contribution >= 4 is 11.9 Å². The van der Waals surface area contributed by atoms with Crippen molar-refractivity contribution in [2.75, 3.05) is 20.8 Å². The second kappa shape index (κ2) is 10.8. The zero-order chi connectivity index (χ0) is 24.8. The van der Waals surface area contributed by atoms with Crippen LogP contribution < -0.4 is 25.3 Å². The number of nitrogens with one attached hydrogen (secondary N) is 1. The molecule has 8 heteroatoms. The third kappa shape index (κ3) is 5.84. The Hall–Kier alpha value is -4.20. The predicted molar refractivity (Wildman–Crippen MR) is 132 cm³/mol. The summed E-state index contributed by atoms with van der Waals surface area (Å²) in [5, 5.41) is 2.71. The molecule has 35 heavy (non-hydrogen) atoms. The van der Waals surface area contributed by atoms with Gasteiger partial charge in [0.25, 0.3) is 0 Å². The SMILES string of the molecule is COc1cc2c(cc1OC)CN(C(=O)C[C@H](NC(N)=O)c1cccc(Oc3ccccc3)c1)CC2. The average molecular weight is 476 g/mol. The van der Waals surface area contributed by atoms with Gasteiger partial charge in [-0.05, 0) is 59.5 Å². The van der Waals surface area contributed by atoms with Crippen LogP contribution in [0.3, 0.4) is 0 Å². The molecule has 3 N–H and O–H groups in total. The Balaban J connectivity index is 1.50. The number of ether oxygens (including phenoxy) is 3. The zero-order valence-corrected chi connectivity index (χ0v) is 19.8. The molecule has 1 aliphatic rings. The first kappa shape index (κ1) is 23.9. The molecular weight excluding hydrogens is 446 g/mol. The lowest BCUT2D eigenvalue weighted by Gasteiger charge is -2.31. The van der Waals surface area contributed by atoms with E-state index in [1.54, 1.807) is 19.1 Å². The van der Waals surface area contributed by atoms with Gasteiger partial charge >= 0.3 is 6.03 Å². The quantitative estimate of drug-likeness (QED) is 0.509. The van der Waals surface area contributed by atoms with Crippen LogP contribution in [0.25, 0.3) is 0 Å². The molecule has 0 spiro atoms. The molecule has 1 heterocycles. The summed E-state index contributed by atoms with van der Waals surface area (Å²) in [5.41, 5.74) is 8.31. The number of hydrogen-bond donors (Lipinski definition) is 2. The standard InChI is InChI=1S/C27H29N3O5/c1-33-24-14-18-11-12-30(17-20(18)15-25(24)34-2)26(31)16-23(29-27(28)32)19-7-6-10-22(13-19)35-21-8-4-3-5-9-21/h3-10,13-15,23H,11-12,16-17H2,1-2H3,(H3,28,29,32)/t23-/m0/s1. The van der Waals surface area contributed by atoms with Crippen LogP contribution in [0.5, 0.6) is 23.0 Å². The molecule has 3 amide bonds. The van der Waals surface area contributed by atoms with Gasteiger partial charge in [0.15, 0.2) is 11.5 Å². The van der Waals surface area contributed by atoms with E-state index in [1.807, 2.05) is 66.7 Å². The Kier molecular flexibility index (Phi) is 7.40. The third-order valence-electron chi connectivity index (χ3n) is 6.01. The van der Waals surface area contributed by atoms with Crippen LogP contribution >= 0.6 is 0 Å². The van der Waals surface area contributed by atoms with Crippen molar-refractivity contribution in [3.8, 4) is 23.0 Å². The van der Waals surface area contributed by atoms with Crippen molar-refractivity contribution in [1.29, 1.82) is 0 Å². The number of methoxy groups -OCH3 is 2. The maximum atomic E-state index is 13.3. The molecule has 0 fully saturated rings. The van der Waals surface area contributed by atoms with Crippen molar-refractivity contribution in [3.05, 3.63) is 83.4 Å². The minimum atomic E-state index is -0.696. The third-order valence-corrected chi connectivity index (χ3v) is 6.01. The molecule has 0 unspecified atom stereocenters. The fourth-order valence-corrected chi connectivity index (χ4v) is 4.24. The number of rotatable bonds is 8. The molecule has 0 saturated heterocycles. The van der Waals surface area contributed by atoms with Gasteiger partial charge < -0.3 is 30.2 Å². The van der Waals surface area contributed by atoms with E-state index in [4.69, 9.17) is 19.9 Å². The molecule has 0 radical (unpaired) electrons. The van der Waals surface area contributed by atoms with Crippen molar-refractivity contribution in [1.82, 2.24) is 10.2 Å². The van der Waals surface area contributed by atoms with Crippen molar-refractivity contribution in [3.63, 3.8) is 0 Å². The normalized spacial score (nSPS) is 13.4. The summed E-state index contributed by atoms with van der Waals surface area (Å²) in [4.78, 5) is 26.8. The Bertz CT molecular complexity index is 1200. The maximum Gasteiger partial charge on any atom is 0.312 e. The van der Waals surface area contributed by atoms with Crippen LogP contribution in [0.1, 0.15) is 29.2 Å². The monoisotopic (exact) mass is 475 g/mol. The van der Waals surface area contributed by atoms with Crippen LogP contribution in [-0.4, -0.2) is 37.6 Å². The van der Waals surface area contributed by atoms with Gasteiger partial charge in [0.05, 0.1) is 26.7 Å². The van der Waals surface area contributed by atoms with Crippen LogP contribution in [0.4, 0.5) is 4.79 Å². The van der Waals surface area contributed by atoms with Crippen molar-refractivity contribution in [2.45, 2.75) is 25.4 Å². The van der Waals surface area contributed by atoms with Gasteiger partial charge in [-0.3, -0.25) is 4.79 Å². The van der Waals surface area contributed by atoms with Gasteiger partial charge in [-0.2, -0.15) is 0 Å². The number of benzene rings is 3. The molecular formula is C27H29N3O5. The number of carbonyl (C=O) groups excluding carboxylic acids is 2. The molecule has 8 nitrogen and oxygen atoms in total. The second-order valence-corrected chi connectivity index (χ2v) is 8.29. The first-order valence-corrected chi connectivity index (χ1v) is 11.4. The molecule has 182 valence electrons. The minimum absolute atomic E-state index is 0.0698. The highest BCUT2D eigenvalue weighted by Crippen LogP contribution is 2.34. The number of fused-ring (bicyclic) bond motifs is 1. The molecule has 3 aromatic carbocycles. The van der Waals surface area contributed by atoms with E-state index in [2.05, 4.69) is 5.32 Å². The van der Waals surface area contributed by atoms with E-state index in [-0.39, 0.29) is 12.3 Å². The summed E-state index contributed by atoms with van der Waals surface area (Å²) < 4.78 is 16.7. The number of carbonyl (C=O) groups is 2. The van der Waals surface area contributed by atoms with E-state index < -0.39 is 12.1 Å². The van der Waals surface area contributed by atoms with Gasteiger partial charge in [-0.15, -0.1) is 0 Å². The van der Waals surface area contributed by atoms with Gasteiger partial charge in [-0.25, -0.2) is 4.79 Å². The summed E-state index contributed by atoms with van der Waals surface area (Å²) in [6.07, 6.45) is 0.774. The summed E-state index contributed by atoms with van der Waals surface area (Å²) in [6.45, 7) is 1.02. The highest BCUT2D eigenvalue weighted by Gasteiger charge is 2.26. The number of nitrogens with zero attached hydrogens (tertiary/aromatic N) is 1. The Morgan fingerprint density at radius 3 is 2.31 bits per heavy atom. The molecule has 1 aliphatic heterocycles. The van der Waals surface area contributed by atoms with Gasteiger partial charge in [0, 0.05) is 13.1 Å². The Morgan fingerprint density at radius 2 is 1.63 bits per heavy atom. The van der Waals surface area contributed by atoms with E-state index in [0.29, 0.717) is 42.5 Å². The Morgan fingerprint density at radius 1 is 0.943 bits per heavy atom. The highest BCUT2D eigenvalue weighted by atomic mass is 16.5. The van der Waals surface area contributed by atoms with Crippen LogP contribution in [0.15, 0.2) is 66.7 Å². The number of urea groups is 1. The summed E-state index contributed by atoms with van der Waals surface area (Å²) >= 11 is 0. The lowest BCUT2D eigenvalue weighted by Crippen LogP contribution is -2.40. The number of nitrogens with two attached hydrogens (primary N) is 1. The predicted octanol–water partition coefficient (Wildman–Crippen LogP) is 4.18. The fraction of sp³-hybridized carbons (Fsp3) is 0.259. The van der Waals surface area contributed by atoms with Crippen LogP contribution in [0, 0.1) is 0 Å². The summed E-state index contributed by atoms with van der Waals surface area (Å²) in [5.74, 6) is 2.52. The smallest absolute Gasteiger partial charge is 0.312 e. The zero-order valence-electron chi connectivity index (χ0n) is 19.8. The van der Waals surface area contributed by atoms with E-state index in [0.717, 1.165) is 16.7 Å². The largest absolute Gasteiger partial charge is 0.493 e. The van der Waals surface area contributed by atoms with Gasteiger partial charge in [0.2, 0.25) is 5.91 Å². The lowest BCUT2D eigenvalue weighted by molar-refractivity contribution is -0.132. The average Bonchev–Trinajstić information content (AvgIpc) is 2.87. The van der Waals surface area contributed by atoms with Crippen molar-refractivity contribution in [2.24, 2.45) is 5.73 Å². The first-order chi connectivity index (χ1) is 17.0. The topological polar surface area (TPSA) is 103 Å². The molecule has 4 rings (SSSR count). The minimum Gasteiger partial charge on any atom is -0.493 e. The highest BCUT2D eigenvalue weighted by molar-refractivity contribution is 5.79. The molecule has 0 bridgehead atoms. The van der Waals surface area contributed by atoms with Crippen LogP contribution in [0.2, 0.25) is 0 Å². The molecule has 0 aliphatic carbocycles. The molecule has 1 atom stereocenters. The molecule has 0 aromatic heterocycles. The number of para-hydroxylation sites is 1. The molecule has 0 saturated carbocycles. The van der Waals surface area contributed by atoms with Gasteiger partial charge in [0.1, 0.15) is 11.5 Å². The van der Waals surface area contributed by atoms with E-state index in [9.17, 15) is 9.59 Å². The van der Waals surface area contributed by atoms with Crippen LogP contribution in [-0.2, 0) is 17.8 Å². The van der Waals surface area contributed by atoms with E-state index >= 15 is 0 Å². The number of hydrogen-bond acceptors (Lipinski definition) is 5. The summed E-state index contributed by atoms with van der Waals surface area (Å²) in [7, 11) is 3.19. The maximum absolute atomic E-state index is 13.3. The first-order valence-electron chi connectivity index (χ1n) is 11.4. The van der Waals surface area contributed by atoms with Crippen molar-refractivity contribution < 1.29 is 23.8 Å². The fourth-order valence-electron chi connectivity index (χ4n) is 4.24. The number of primary amides is 1. The second-order valence-electron chi connectivity index (χ2n) is 8.29. The van der Waals surface area contributed by atoms with Gasteiger partial charge in [-0.1, -0.05) is 30.3 Å². The number of amides is 3. The Labute approximate surface area is 204 Å². The lowest BCUT2D eigenvalue weighted by atomic mass is 9.97. The van der Waals surface area contributed by atoms with E-state index in [1.165, 1.54) is 0 Å². The molecule has 3 aromatic rings. The summed E-state index contributed by atoms with van der Waals surface area (Å²) in [6, 6.07) is 19.3.